The van der Waals surface area contributed by atoms with E-state index in [4.69, 9.17) is 34.8 Å². The highest BCUT2D eigenvalue weighted by molar-refractivity contribution is 6.36. The Bertz CT molecular complexity index is 328. The fourth-order valence-electron chi connectivity index (χ4n) is 2.21. The van der Waals surface area contributed by atoms with Gasteiger partial charge in [0.1, 0.15) is 0 Å². The molecule has 1 aliphatic carbocycles. The second-order valence-electron chi connectivity index (χ2n) is 4.11. The van der Waals surface area contributed by atoms with Crippen LogP contribution < -0.4 is 0 Å². The molecule has 0 bridgehead atoms. The quantitative estimate of drug-likeness (QED) is 0.663. The van der Waals surface area contributed by atoms with Crippen LogP contribution in [0.15, 0.2) is 18.2 Å². The summed E-state index contributed by atoms with van der Waals surface area (Å²) in [5, 5.41) is 1.81. The molecule has 1 saturated carbocycles. The van der Waals surface area contributed by atoms with Crippen molar-refractivity contribution < 1.29 is 0 Å². The molecule has 82 valence electrons. The van der Waals surface area contributed by atoms with Gasteiger partial charge in [0.05, 0.1) is 0 Å². The van der Waals surface area contributed by atoms with E-state index < -0.39 is 0 Å². The van der Waals surface area contributed by atoms with Crippen molar-refractivity contribution in [2.75, 3.05) is 0 Å². The van der Waals surface area contributed by atoms with Crippen LogP contribution in [0.3, 0.4) is 0 Å². The summed E-state index contributed by atoms with van der Waals surface area (Å²) in [6.07, 6.45) is 4.44. The molecule has 0 amide bonds. The Labute approximate surface area is 106 Å². The Balaban J connectivity index is 2.16. The van der Waals surface area contributed by atoms with Gasteiger partial charge in [-0.2, -0.15) is 0 Å². The number of alkyl halides is 1. The summed E-state index contributed by atoms with van der Waals surface area (Å²) in [5.74, 6) is 0.532. The number of hydrogen-bond acceptors (Lipinski definition) is 0. The third-order valence-corrected chi connectivity index (χ3v) is 4.38. The van der Waals surface area contributed by atoms with E-state index in [0.717, 1.165) is 28.5 Å². The van der Waals surface area contributed by atoms with Crippen LogP contribution in [-0.2, 0) is 6.42 Å². The van der Waals surface area contributed by atoms with Crippen LogP contribution in [0.5, 0.6) is 0 Å². The van der Waals surface area contributed by atoms with Crippen LogP contribution in [0.25, 0.3) is 0 Å². The maximum absolute atomic E-state index is 6.25. The third kappa shape index (κ3) is 2.61. The highest BCUT2D eigenvalue weighted by atomic mass is 35.5. The molecule has 15 heavy (non-hydrogen) atoms. The lowest BCUT2D eigenvalue weighted by Gasteiger charge is -2.15. The van der Waals surface area contributed by atoms with Crippen molar-refractivity contribution in [3.8, 4) is 0 Å². The van der Waals surface area contributed by atoms with Gasteiger partial charge in [0.2, 0.25) is 0 Å². The SMILES string of the molecule is Clc1cccc(Cl)c1CC1CCCC1Cl. The Kier molecular flexibility index (Phi) is 3.82. The molecule has 1 aromatic carbocycles. The molecule has 1 aromatic rings. The standard InChI is InChI=1S/C12H13Cl3/c13-10-4-1-3-8(10)7-9-11(14)5-2-6-12(9)15/h2,5-6,8,10H,1,3-4,7H2. The number of halogens is 3. The molecule has 0 N–H and O–H groups in total. The minimum Gasteiger partial charge on any atom is -0.123 e. The van der Waals surface area contributed by atoms with E-state index in [1.54, 1.807) is 0 Å². The lowest BCUT2D eigenvalue weighted by molar-refractivity contribution is 0.553. The minimum atomic E-state index is 0.289. The molecular formula is C12H13Cl3. The highest BCUT2D eigenvalue weighted by Gasteiger charge is 2.26. The molecule has 2 unspecified atom stereocenters. The lowest BCUT2D eigenvalue weighted by Crippen LogP contribution is -2.10. The second kappa shape index (κ2) is 4.95. The summed E-state index contributed by atoms with van der Waals surface area (Å²) in [5.41, 5.74) is 1.05. The van der Waals surface area contributed by atoms with Crippen LogP contribution in [0, 0.1) is 5.92 Å². The molecule has 3 heteroatoms. The van der Waals surface area contributed by atoms with Crippen molar-refractivity contribution in [1.29, 1.82) is 0 Å². The van der Waals surface area contributed by atoms with Gasteiger partial charge in [-0.15, -0.1) is 11.6 Å². The van der Waals surface area contributed by atoms with Gasteiger partial charge in [0.15, 0.2) is 0 Å². The Morgan fingerprint density at radius 2 is 1.80 bits per heavy atom. The average Bonchev–Trinajstić information content (AvgIpc) is 2.58. The zero-order chi connectivity index (χ0) is 10.8. The van der Waals surface area contributed by atoms with Crippen molar-refractivity contribution in [2.24, 2.45) is 5.92 Å². The molecule has 2 rings (SSSR count). The first-order valence-corrected chi connectivity index (χ1v) is 6.44. The molecule has 0 spiro atoms. The van der Waals surface area contributed by atoms with Crippen molar-refractivity contribution in [1.82, 2.24) is 0 Å². The zero-order valence-corrected chi connectivity index (χ0v) is 10.6. The molecule has 0 radical (unpaired) electrons. The van der Waals surface area contributed by atoms with Crippen molar-refractivity contribution in [3.63, 3.8) is 0 Å². The van der Waals surface area contributed by atoms with E-state index >= 15 is 0 Å². The summed E-state index contributed by atoms with van der Waals surface area (Å²) in [6.45, 7) is 0. The Hall–Kier alpha value is 0.0900. The predicted octanol–water partition coefficient (Wildman–Crippen LogP) is 4.94. The molecule has 1 fully saturated rings. The third-order valence-electron chi connectivity index (χ3n) is 3.09. The van der Waals surface area contributed by atoms with Gasteiger partial charge in [0, 0.05) is 15.4 Å². The van der Waals surface area contributed by atoms with Crippen LogP contribution in [0.1, 0.15) is 24.8 Å². The summed E-state index contributed by atoms with van der Waals surface area (Å²) >= 11 is 18.5. The minimum absolute atomic E-state index is 0.289. The van der Waals surface area contributed by atoms with Crippen molar-refractivity contribution in [3.05, 3.63) is 33.8 Å². The molecule has 0 heterocycles. The number of rotatable bonds is 2. The molecule has 0 aliphatic heterocycles. The average molecular weight is 264 g/mol. The van der Waals surface area contributed by atoms with E-state index in [1.807, 2.05) is 18.2 Å². The summed E-state index contributed by atoms with van der Waals surface area (Å²) in [6, 6.07) is 5.66. The largest absolute Gasteiger partial charge is 0.123 e. The van der Waals surface area contributed by atoms with Gasteiger partial charge in [-0.25, -0.2) is 0 Å². The van der Waals surface area contributed by atoms with E-state index in [9.17, 15) is 0 Å². The molecule has 2 atom stereocenters. The zero-order valence-electron chi connectivity index (χ0n) is 8.35. The first-order chi connectivity index (χ1) is 7.18. The van der Waals surface area contributed by atoms with Crippen LogP contribution in [0.2, 0.25) is 10.0 Å². The van der Waals surface area contributed by atoms with Gasteiger partial charge in [-0.05, 0) is 42.9 Å². The normalized spacial score (nSPS) is 25.8. The molecule has 1 aliphatic rings. The van der Waals surface area contributed by atoms with E-state index in [-0.39, 0.29) is 5.38 Å². The Morgan fingerprint density at radius 3 is 2.33 bits per heavy atom. The van der Waals surface area contributed by atoms with E-state index in [0.29, 0.717) is 5.92 Å². The fraction of sp³-hybridized carbons (Fsp3) is 0.500. The number of benzene rings is 1. The monoisotopic (exact) mass is 262 g/mol. The van der Waals surface area contributed by atoms with Gasteiger partial charge >= 0.3 is 0 Å². The van der Waals surface area contributed by atoms with Crippen LogP contribution in [-0.4, -0.2) is 5.38 Å². The molecule has 0 saturated heterocycles. The molecular weight excluding hydrogens is 250 g/mol. The maximum Gasteiger partial charge on any atom is 0.0452 e. The first kappa shape index (κ1) is 11.6. The van der Waals surface area contributed by atoms with Crippen LogP contribution >= 0.6 is 34.8 Å². The van der Waals surface area contributed by atoms with E-state index in [2.05, 4.69) is 0 Å². The number of hydrogen-bond donors (Lipinski definition) is 0. The predicted molar refractivity (Wildman–Crippen MR) is 67.1 cm³/mol. The first-order valence-electron chi connectivity index (χ1n) is 5.25. The summed E-state index contributed by atoms with van der Waals surface area (Å²) < 4.78 is 0. The van der Waals surface area contributed by atoms with Crippen molar-refractivity contribution in [2.45, 2.75) is 31.1 Å². The second-order valence-corrected chi connectivity index (χ2v) is 5.49. The summed E-state index contributed by atoms with van der Waals surface area (Å²) in [7, 11) is 0. The maximum atomic E-state index is 6.25. The molecule has 0 nitrogen and oxygen atoms in total. The van der Waals surface area contributed by atoms with E-state index in [1.165, 1.54) is 12.8 Å². The van der Waals surface area contributed by atoms with Crippen LogP contribution in [0.4, 0.5) is 0 Å². The lowest BCUT2D eigenvalue weighted by atomic mass is 9.97. The fourth-order valence-corrected chi connectivity index (χ4v) is 3.13. The van der Waals surface area contributed by atoms with Gasteiger partial charge in [-0.3, -0.25) is 0 Å². The van der Waals surface area contributed by atoms with Gasteiger partial charge in [0.25, 0.3) is 0 Å². The molecule has 0 aromatic heterocycles. The van der Waals surface area contributed by atoms with Gasteiger partial charge in [-0.1, -0.05) is 35.7 Å². The van der Waals surface area contributed by atoms with Crippen molar-refractivity contribution >= 4 is 34.8 Å². The summed E-state index contributed by atoms with van der Waals surface area (Å²) in [4.78, 5) is 0. The Morgan fingerprint density at radius 1 is 1.13 bits per heavy atom. The van der Waals surface area contributed by atoms with Gasteiger partial charge < -0.3 is 0 Å². The smallest absolute Gasteiger partial charge is 0.0452 e. The highest BCUT2D eigenvalue weighted by Crippen LogP contribution is 2.36. The topological polar surface area (TPSA) is 0 Å².